The van der Waals surface area contributed by atoms with E-state index < -0.39 is 76.8 Å². The van der Waals surface area contributed by atoms with Gasteiger partial charge in [-0.2, -0.15) is 0 Å². The molecule has 13 heteroatoms. The molecule has 3 aliphatic carbocycles. The highest BCUT2D eigenvalue weighted by atomic mass is 19.3. The second-order valence-electron chi connectivity index (χ2n) is 10.6. The quantitative estimate of drug-likeness (QED) is 0.260. The number of hydrogen-bond acceptors (Lipinski definition) is 10. The lowest BCUT2D eigenvalue weighted by atomic mass is 9.57. The summed E-state index contributed by atoms with van der Waals surface area (Å²) in [6.45, 7) is -0.574. The van der Waals surface area contributed by atoms with E-state index in [0.717, 1.165) is 0 Å². The summed E-state index contributed by atoms with van der Waals surface area (Å²) in [4.78, 5) is 42.3. The van der Waals surface area contributed by atoms with Crippen molar-refractivity contribution in [2.45, 2.75) is 37.5 Å². The second kappa shape index (κ2) is 9.88. The summed E-state index contributed by atoms with van der Waals surface area (Å²) in [6.07, 6.45) is -2.53. The summed E-state index contributed by atoms with van der Waals surface area (Å²) in [7, 11) is 6.46. The van der Waals surface area contributed by atoms with E-state index in [0.29, 0.717) is 16.8 Å². The molecule has 3 aliphatic rings. The number of aliphatic hydroxyl groups excluding tert-OH is 2. The molecule has 11 nitrogen and oxygen atoms in total. The maximum Gasteiger partial charge on any atom is 0.255 e. The first-order valence-corrected chi connectivity index (χ1v) is 12.3. The number of anilines is 1. The molecule has 4 atom stereocenters. The van der Waals surface area contributed by atoms with Crippen LogP contribution in [-0.4, -0.2) is 95.6 Å². The largest absolute Gasteiger partial charge is 0.508 e. The first-order chi connectivity index (χ1) is 18.1. The number of fused-ring (bicyclic) bond motifs is 3. The second-order valence-corrected chi connectivity index (χ2v) is 10.6. The van der Waals surface area contributed by atoms with Gasteiger partial charge in [-0.05, 0) is 50.0 Å². The van der Waals surface area contributed by atoms with Gasteiger partial charge in [-0.3, -0.25) is 19.3 Å². The van der Waals surface area contributed by atoms with E-state index in [-0.39, 0.29) is 30.5 Å². The number of alkyl halides is 2. The van der Waals surface area contributed by atoms with Crippen molar-refractivity contribution in [2.75, 3.05) is 39.6 Å². The molecule has 1 amide bonds. The number of hydrogen-bond donors (Lipinski definition) is 6. The van der Waals surface area contributed by atoms with Crippen LogP contribution in [0.2, 0.25) is 0 Å². The van der Waals surface area contributed by atoms with Gasteiger partial charge >= 0.3 is 0 Å². The molecule has 0 aliphatic heterocycles. The Kier molecular flexibility index (Phi) is 7.21. The molecule has 0 saturated heterocycles. The number of ketones is 2. The molecule has 1 fully saturated rings. The number of carbonyl (C=O) groups is 3. The average Bonchev–Trinajstić information content (AvgIpc) is 2.80. The molecule has 1 aromatic carbocycles. The predicted octanol–water partition coefficient (Wildman–Crippen LogP) is 0.385. The molecule has 0 heterocycles. The maximum atomic E-state index is 13.9. The molecular formula is C26H32F2N4O7. The van der Waals surface area contributed by atoms with Crippen molar-refractivity contribution in [1.82, 2.24) is 10.2 Å². The summed E-state index contributed by atoms with van der Waals surface area (Å²) < 4.78 is 25.4. The van der Waals surface area contributed by atoms with E-state index in [1.54, 1.807) is 19.0 Å². The van der Waals surface area contributed by atoms with Gasteiger partial charge in [0.25, 0.3) is 12.3 Å². The number of benzene rings is 1. The fourth-order valence-electron chi connectivity index (χ4n) is 6.38. The van der Waals surface area contributed by atoms with E-state index in [1.807, 2.05) is 0 Å². The van der Waals surface area contributed by atoms with E-state index >= 15 is 0 Å². The molecule has 0 radical (unpaired) electrons. The number of Topliss-reactive ketones (excluding diaryl/α,β-unsaturated/α-hetero) is 2. The van der Waals surface area contributed by atoms with Gasteiger partial charge in [-0.15, -0.1) is 0 Å². The molecule has 7 N–H and O–H groups in total. The number of rotatable bonds is 7. The van der Waals surface area contributed by atoms with Gasteiger partial charge in [-0.1, -0.05) is 0 Å². The number of halogens is 2. The highest BCUT2D eigenvalue weighted by Gasteiger charge is 2.64. The third-order valence-corrected chi connectivity index (χ3v) is 7.83. The molecule has 0 bridgehead atoms. The number of nitrogens with zero attached hydrogens (tertiary/aromatic N) is 2. The van der Waals surface area contributed by atoms with Crippen molar-refractivity contribution >= 4 is 28.9 Å². The first kappa shape index (κ1) is 28.5. The zero-order chi connectivity index (χ0) is 29.1. The molecule has 0 aromatic heterocycles. The van der Waals surface area contributed by atoms with Crippen LogP contribution in [0.1, 0.15) is 23.1 Å². The number of aliphatic hydroxyl groups is 3. The predicted molar refractivity (Wildman–Crippen MR) is 136 cm³/mol. The standard InChI is InChI=1S/C26H32F2N4O7/c1-31(2)19-11(8-30-9-15(27)28)7-14(33)17-12(19)5-10-6-13-20(32(3)4)22(35)18(25(29)38)24(37)26(13,39)23(36)16(10)21(17)34/h7,10,13,15,20,30,33-34,37,39H,5-6,8-9H2,1-4H3,(H2,29,38)/t10-,13-,20-,26-/m0/s1. The number of phenolic OH excluding ortho intramolecular Hbond substituents is 1. The Morgan fingerprint density at radius 3 is 2.38 bits per heavy atom. The van der Waals surface area contributed by atoms with Crippen molar-refractivity contribution in [3.05, 3.63) is 39.7 Å². The average molecular weight is 551 g/mol. The number of nitrogens with one attached hydrogen (secondary N) is 1. The van der Waals surface area contributed by atoms with Crippen LogP contribution < -0.4 is 16.0 Å². The van der Waals surface area contributed by atoms with Crippen LogP contribution in [0.4, 0.5) is 14.5 Å². The summed E-state index contributed by atoms with van der Waals surface area (Å²) in [5.74, 6) is -7.34. The zero-order valence-electron chi connectivity index (χ0n) is 22.0. The molecule has 212 valence electrons. The first-order valence-electron chi connectivity index (χ1n) is 12.3. The third-order valence-electron chi connectivity index (χ3n) is 7.83. The SMILES string of the molecule is CN(C)c1c(CNCC(F)F)cc(O)c2c1C[C@H]1C[C@H]3[C@H](N(C)C)C(=O)C(C(N)=O)=C(O)[C@@]3(O)C(=O)C1=C2O. The third kappa shape index (κ3) is 4.24. The van der Waals surface area contributed by atoms with Crippen LogP contribution in [0.15, 0.2) is 23.0 Å². The monoisotopic (exact) mass is 550 g/mol. The Bertz CT molecular complexity index is 1320. The van der Waals surface area contributed by atoms with Crippen molar-refractivity contribution < 1.29 is 43.6 Å². The van der Waals surface area contributed by atoms with Crippen molar-refractivity contribution in [3.8, 4) is 5.75 Å². The van der Waals surface area contributed by atoms with Crippen LogP contribution in [0.5, 0.6) is 5.75 Å². The Morgan fingerprint density at radius 1 is 1.21 bits per heavy atom. The molecule has 0 unspecified atom stereocenters. The van der Waals surface area contributed by atoms with Gasteiger partial charge in [0.1, 0.15) is 22.8 Å². The highest BCUT2D eigenvalue weighted by Crippen LogP contribution is 2.54. The van der Waals surface area contributed by atoms with E-state index in [2.05, 4.69) is 5.32 Å². The minimum absolute atomic E-state index is 0.00618. The molecular weight excluding hydrogens is 518 g/mol. The van der Waals surface area contributed by atoms with Crippen LogP contribution in [0, 0.1) is 11.8 Å². The minimum Gasteiger partial charge on any atom is -0.508 e. The molecule has 4 rings (SSSR count). The fraction of sp³-hybridized carbons (Fsp3) is 0.500. The highest BCUT2D eigenvalue weighted by molar-refractivity contribution is 6.24. The molecule has 1 saturated carbocycles. The van der Waals surface area contributed by atoms with Gasteiger partial charge in [0.15, 0.2) is 11.4 Å². The summed E-state index contributed by atoms with van der Waals surface area (Å²) in [6, 6.07) is 0.118. The van der Waals surface area contributed by atoms with E-state index in [1.165, 1.54) is 25.1 Å². The number of nitrogens with two attached hydrogens (primary N) is 1. The molecule has 0 spiro atoms. The van der Waals surface area contributed by atoms with Crippen molar-refractivity contribution in [3.63, 3.8) is 0 Å². The van der Waals surface area contributed by atoms with Crippen molar-refractivity contribution in [1.29, 1.82) is 0 Å². The number of likely N-dealkylation sites (N-methyl/N-ethyl adjacent to an activating group) is 1. The lowest BCUT2D eigenvalue weighted by Gasteiger charge is -2.50. The number of amides is 1. The van der Waals surface area contributed by atoms with Crippen LogP contribution in [0.3, 0.4) is 0 Å². The van der Waals surface area contributed by atoms with Crippen LogP contribution in [-0.2, 0) is 27.3 Å². The summed E-state index contributed by atoms with van der Waals surface area (Å²) >= 11 is 0. The van der Waals surface area contributed by atoms with Gasteiger partial charge in [0.05, 0.1) is 18.2 Å². The van der Waals surface area contributed by atoms with E-state index in [4.69, 9.17) is 5.73 Å². The Balaban J connectivity index is 1.92. The van der Waals surface area contributed by atoms with Gasteiger partial charge in [0.2, 0.25) is 5.78 Å². The Labute approximate surface area is 223 Å². The zero-order valence-corrected chi connectivity index (χ0v) is 22.0. The number of phenols is 1. The van der Waals surface area contributed by atoms with Crippen LogP contribution in [0.25, 0.3) is 5.76 Å². The van der Waals surface area contributed by atoms with Gasteiger partial charge in [0, 0.05) is 37.8 Å². The molecule has 1 aromatic rings. The Hall–Kier alpha value is -3.55. The lowest BCUT2D eigenvalue weighted by Crippen LogP contribution is -2.65. The number of carbonyl (C=O) groups excluding carboxylic acids is 3. The number of aromatic hydroxyl groups is 1. The number of primary amides is 1. The maximum absolute atomic E-state index is 13.9. The van der Waals surface area contributed by atoms with E-state index in [9.17, 15) is 43.6 Å². The smallest absolute Gasteiger partial charge is 0.255 e. The van der Waals surface area contributed by atoms with Crippen LogP contribution >= 0.6 is 0 Å². The Morgan fingerprint density at radius 2 is 1.85 bits per heavy atom. The summed E-state index contributed by atoms with van der Waals surface area (Å²) in [5.41, 5.74) is 2.89. The molecule has 39 heavy (non-hydrogen) atoms. The topological polar surface area (TPSA) is 177 Å². The summed E-state index contributed by atoms with van der Waals surface area (Å²) in [5, 5.41) is 47.4. The fourth-order valence-corrected chi connectivity index (χ4v) is 6.38. The lowest BCUT2D eigenvalue weighted by molar-refractivity contribution is -0.153. The van der Waals surface area contributed by atoms with Gasteiger partial charge in [-0.25, -0.2) is 8.78 Å². The van der Waals surface area contributed by atoms with Crippen molar-refractivity contribution in [2.24, 2.45) is 17.6 Å². The minimum atomic E-state index is -2.72. The van der Waals surface area contributed by atoms with Gasteiger partial charge < -0.3 is 36.4 Å². The normalized spacial score (nSPS) is 26.6.